The van der Waals surface area contributed by atoms with Crippen LogP contribution in [0.25, 0.3) is 0 Å². The van der Waals surface area contributed by atoms with Crippen molar-refractivity contribution in [2.24, 2.45) is 5.73 Å². The summed E-state index contributed by atoms with van der Waals surface area (Å²) >= 11 is 0. The Hall–Kier alpha value is -2.73. The molecule has 6 heteroatoms. The number of amides is 2. The molecule has 0 saturated carbocycles. The third-order valence-electron chi connectivity index (χ3n) is 4.36. The van der Waals surface area contributed by atoms with E-state index in [-0.39, 0.29) is 24.3 Å². The van der Waals surface area contributed by atoms with Crippen molar-refractivity contribution < 1.29 is 9.59 Å². The zero-order valence-corrected chi connectivity index (χ0v) is 14.0. The van der Waals surface area contributed by atoms with Gasteiger partial charge in [0.05, 0.1) is 18.2 Å². The number of nitrogens with one attached hydrogen (secondary N) is 1. The lowest BCUT2D eigenvalue weighted by Gasteiger charge is -2.23. The summed E-state index contributed by atoms with van der Waals surface area (Å²) in [7, 11) is 0. The van der Waals surface area contributed by atoms with Gasteiger partial charge in [0.2, 0.25) is 11.8 Å². The molecule has 1 aromatic heterocycles. The lowest BCUT2D eigenvalue weighted by atomic mass is 10.1. The highest BCUT2D eigenvalue weighted by molar-refractivity contribution is 5.95. The average Bonchev–Trinajstić information content (AvgIpc) is 3.05. The van der Waals surface area contributed by atoms with Crippen molar-refractivity contribution in [1.29, 1.82) is 0 Å². The molecule has 1 saturated heterocycles. The van der Waals surface area contributed by atoms with E-state index in [1.165, 1.54) is 0 Å². The Morgan fingerprint density at radius 3 is 2.68 bits per heavy atom. The fourth-order valence-electron chi connectivity index (χ4n) is 3.14. The van der Waals surface area contributed by atoms with Crippen molar-refractivity contribution >= 4 is 17.5 Å². The van der Waals surface area contributed by atoms with Crippen LogP contribution in [0.2, 0.25) is 0 Å². The molecule has 1 fully saturated rings. The molecule has 25 heavy (non-hydrogen) atoms. The number of anilines is 1. The number of rotatable bonds is 6. The molecule has 1 aliphatic rings. The van der Waals surface area contributed by atoms with Crippen molar-refractivity contribution in [3.05, 3.63) is 59.9 Å². The first-order chi connectivity index (χ1) is 12.1. The fraction of sp³-hybridized carbons (Fsp3) is 0.316. The van der Waals surface area contributed by atoms with Crippen LogP contribution in [0.5, 0.6) is 0 Å². The molecular formula is C19H22N4O2. The van der Waals surface area contributed by atoms with E-state index >= 15 is 0 Å². The monoisotopic (exact) mass is 338 g/mol. The van der Waals surface area contributed by atoms with Gasteiger partial charge in [-0.15, -0.1) is 0 Å². The van der Waals surface area contributed by atoms with E-state index in [1.807, 2.05) is 18.2 Å². The number of carbonyl (C=O) groups excluding carboxylic acids is 2. The van der Waals surface area contributed by atoms with Crippen LogP contribution in [-0.2, 0) is 22.6 Å². The van der Waals surface area contributed by atoms with Gasteiger partial charge in [-0.1, -0.05) is 18.2 Å². The van der Waals surface area contributed by atoms with Crippen LogP contribution in [-0.4, -0.2) is 34.3 Å². The van der Waals surface area contributed by atoms with Crippen molar-refractivity contribution in [3.63, 3.8) is 0 Å². The van der Waals surface area contributed by atoms with Gasteiger partial charge in [0.25, 0.3) is 0 Å². The zero-order chi connectivity index (χ0) is 17.6. The minimum absolute atomic E-state index is 0.00363. The maximum atomic E-state index is 12.6. The Labute approximate surface area is 147 Å². The summed E-state index contributed by atoms with van der Waals surface area (Å²) < 4.78 is 0. The highest BCUT2D eigenvalue weighted by atomic mass is 16.2. The molecule has 0 aliphatic carbocycles. The van der Waals surface area contributed by atoms with Gasteiger partial charge >= 0.3 is 0 Å². The van der Waals surface area contributed by atoms with Crippen molar-refractivity contribution in [2.45, 2.75) is 31.8 Å². The van der Waals surface area contributed by atoms with E-state index in [1.54, 1.807) is 30.5 Å². The van der Waals surface area contributed by atoms with Gasteiger partial charge < -0.3 is 11.1 Å². The minimum atomic E-state index is -0.368. The molecular weight excluding hydrogens is 316 g/mol. The number of nitrogens with two attached hydrogens (primary N) is 1. The third kappa shape index (κ3) is 4.64. The Morgan fingerprint density at radius 2 is 2.00 bits per heavy atom. The van der Waals surface area contributed by atoms with E-state index in [0.717, 1.165) is 36.3 Å². The second-order valence-electron chi connectivity index (χ2n) is 6.28. The highest BCUT2D eigenvalue weighted by Gasteiger charge is 2.30. The molecule has 1 aliphatic heterocycles. The number of primary amides is 1. The number of likely N-dealkylation sites (tertiary alicyclic amines) is 1. The number of benzene rings is 1. The number of hydrogen-bond acceptors (Lipinski definition) is 4. The summed E-state index contributed by atoms with van der Waals surface area (Å²) in [6, 6.07) is 12.9. The molecule has 1 atom stereocenters. The second kappa shape index (κ2) is 7.90. The maximum Gasteiger partial charge on any atom is 0.241 e. The zero-order valence-electron chi connectivity index (χ0n) is 14.0. The van der Waals surface area contributed by atoms with Crippen LogP contribution in [0.4, 0.5) is 5.69 Å². The first kappa shape index (κ1) is 17.1. The first-order valence-electron chi connectivity index (χ1n) is 8.44. The van der Waals surface area contributed by atoms with Gasteiger partial charge in [-0.3, -0.25) is 19.5 Å². The summed E-state index contributed by atoms with van der Waals surface area (Å²) in [6.45, 7) is 1.57. The normalized spacial score (nSPS) is 17.4. The Balaban J connectivity index is 1.60. The van der Waals surface area contributed by atoms with Crippen molar-refractivity contribution in [3.8, 4) is 0 Å². The van der Waals surface area contributed by atoms with Crippen molar-refractivity contribution in [2.75, 3.05) is 11.9 Å². The molecule has 0 radical (unpaired) electrons. The van der Waals surface area contributed by atoms with Gasteiger partial charge in [-0.25, -0.2) is 0 Å². The van der Waals surface area contributed by atoms with Crippen LogP contribution >= 0.6 is 0 Å². The van der Waals surface area contributed by atoms with Crippen LogP contribution in [0.15, 0.2) is 48.7 Å². The lowest BCUT2D eigenvalue weighted by molar-refractivity contribution is -0.120. The summed E-state index contributed by atoms with van der Waals surface area (Å²) in [5, 5.41) is 2.96. The van der Waals surface area contributed by atoms with Crippen LogP contribution in [0.3, 0.4) is 0 Å². The summed E-state index contributed by atoms with van der Waals surface area (Å²) in [6.07, 6.45) is 3.82. The lowest BCUT2D eigenvalue weighted by Crippen LogP contribution is -2.39. The summed E-state index contributed by atoms with van der Waals surface area (Å²) in [5.74, 6) is -0.371. The maximum absolute atomic E-state index is 12.6. The topological polar surface area (TPSA) is 88.3 Å². The van der Waals surface area contributed by atoms with Crippen LogP contribution in [0, 0.1) is 0 Å². The van der Waals surface area contributed by atoms with E-state index in [2.05, 4.69) is 15.2 Å². The Kier molecular flexibility index (Phi) is 5.40. The van der Waals surface area contributed by atoms with Crippen LogP contribution in [0.1, 0.15) is 24.1 Å². The first-order valence-corrected chi connectivity index (χ1v) is 8.44. The average molecular weight is 338 g/mol. The van der Waals surface area contributed by atoms with E-state index in [4.69, 9.17) is 5.73 Å². The number of pyridine rings is 1. The molecule has 0 spiro atoms. The van der Waals surface area contributed by atoms with E-state index < -0.39 is 0 Å². The Bertz CT molecular complexity index is 731. The molecule has 6 nitrogen and oxygen atoms in total. The largest absolute Gasteiger partial charge is 0.369 e. The predicted molar refractivity (Wildman–Crippen MR) is 95.6 cm³/mol. The number of aromatic nitrogens is 1. The standard InChI is InChI=1S/C19H22N4O2/c20-18(24)12-14-6-8-15(9-7-14)22-19(25)17-5-3-11-23(17)13-16-4-1-2-10-21-16/h1-2,4,6-10,17H,3,5,11-13H2,(H2,20,24)(H,22,25)/t17-/m1/s1. The fourth-order valence-corrected chi connectivity index (χ4v) is 3.14. The number of nitrogens with zero attached hydrogens (tertiary/aromatic N) is 2. The molecule has 2 aromatic rings. The number of carbonyl (C=O) groups is 2. The van der Waals surface area contributed by atoms with Gasteiger partial charge in [0, 0.05) is 18.4 Å². The van der Waals surface area contributed by atoms with Gasteiger partial charge in [-0.2, -0.15) is 0 Å². The smallest absolute Gasteiger partial charge is 0.241 e. The minimum Gasteiger partial charge on any atom is -0.369 e. The van der Waals surface area contributed by atoms with E-state index in [9.17, 15) is 9.59 Å². The third-order valence-corrected chi connectivity index (χ3v) is 4.36. The van der Waals surface area contributed by atoms with E-state index in [0.29, 0.717) is 6.54 Å². The predicted octanol–water partition coefficient (Wildman–Crippen LogP) is 1.71. The SMILES string of the molecule is NC(=O)Cc1ccc(NC(=O)[C@H]2CCCN2Cc2ccccn2)cc1. The number of hydrogen-bond donors (Lipinski definition) is 2. The molecule has 130 valence electrons. The summed E-state index contributed by atoms with van der Waals surface area (Å²) in [5.41, 5.74) is 7.72. The molecule has 2 amide bonds. The van der Waals surface area contributed by atoms with Crippen LogP contribution < -0.4 is 11.1 Å². The van der Waals surface area contributed by atoms with Gasteiger partial charge in [-0.05, 0) is 49.2 Å². The van der Waals surface area contributed by atoms with Gasteiger partial charge in [0.15, 0.2) is 0 Å². The van der Waals surface area contributed by atoms with Gasteiger partial charge in [0.1, 0.15) is 0 Å². The molecule has 3 N–H and O–H groups in total. The molecule has 3 rings (SSSR count). The second-order valence-corrected chi connectivity index (χ2v) is 6.28. The quantitative estimate of drug-likeness (QED) is 0.839. The summed E-state index contributed by atoms with van der Waals surface area (Å²) in [4.78, 5) is 30.1. The molecule has 2 heterocycles. The molecule has 0 unspecified atom stereocenters. The molecule has 1 aromatic carbocycles. The molecule has 0 bridgehead atoms. The highest BCUT2D eigenvalue weighted by Crippen LogP contribution is 2.21. The Morgan fingerprint density at radius 1 is 1.20 bits per heavy atom. The van der Waals surface area contributed by atoms with Crippen molar-refractivity contribution in [1.82, 2.24) is 9.88 Å².